The van der Waals surface area contributed by atoms with Crippen LogP contribution in [0, 0.1) is 6.92 Å². The minimum Gasteiger partial charge on any atom is -0.356 e. The standard InChI is InChI=1S/C23H24N6O2/c1-16-11-21(31-27-16)19-13-24-15-25-23(19)18-6-4-9-28(14-18)22(30)8-10-29-20-7-3-2-5-17(20)12-26-29/h2-3,5,7,11-13,15,18H,4,6,8-10,14H2,1H3/t18-/m0/s1. The number of fused-ring (bicyclic) bond motifs is 1. The highest BCUT2D eigenvalue weighted by Crippen LogP contribution is 2.33. The zero-order chi connectivity index (χ0) is 21.2. The van der Waals surface area contributed by atoms with Crippen LogP contribution < -0.4 is 0 Å². The number of benzene rings is 1. The first-order valence-corrected chi connectivity index (χ1v) is 10.6. The van der Waals surface area contributed by atoms with Crippen LogP contribution >= 0.6 is 0 Å². The van der Waals surface area contributed by atoms with E-state index >= 15 is 0 Å². The third kappa shape index (κ3) is 3.93. The Morgan fingerprint density at radius 2 is 2.16 bits per heavy atom. The zero-order valence-corrected chi connectivity index (χ0v) is 17.4. The fourth-order valence-corrected chi connectivity index (χ4v) is 4.34. The summed E-state index contributed by atoms with van der Waals surface area (Å²) in [6.07, 6.45) is 7.52. The van der Waals surface area contributed by atoms with Crippen molar-refractivity contribution in [3.8, 4) is 11.3 Å². The maximum Gasteiger partial charge on any atom is 0.224 e. The SMILES string of the molecule is Cc1cc(-c2cncnc2[C@H]2CCCN(C(=O)CCn3ncc4ccccc43)C2)on1. The van der Waals surface area contributed by atoms with Gasteiger partial charge in [0, 0.05) is 43.1 Å². The molecule has 0 saturated carbocycles. The Morgan fingerprint density at radius 3 is 3.03 bits per heavy atom. The molecule has 1 atom stereocenters. The Balaban J connectivity index is 1.29. The third-order valence-electron chi connectivity index (χ3n) is 5.89. The first kappa shape index (κ1) is 19.4. The van der Waals surface area contributed by atoms with E-state index in [1.165, 1.54) is 0 Å². The van der Waals surface area contributed by atoms with Gasteiger partial charge in [0.05, 0.1) is 35.2 Å². The molecule has 0 bridgehead atoms. The second-order valence-electron chi connectivity index (χ2n) is 8.01. The molecule has 3 aromatic heterocycles. The summed E-state index contributed by atoms with van der Waals surface area (Å²) in [5.74, 6) is 0.962. The number of aryl methyl sites for hydroxylation is 2. The van der Waals surface area contributed by atoms with Crippen molar-refractivity contribution in [3.05, 3.63) is 60.4 Å². The van der Waals surface area contributed by atoms with Gasteiger partial charge in [-0.15, -0.1) is 0 Å². The van der Waals surface area contributed by atoms with Crippen LogP contribution in [0.2, 0.25) is 0 Å². The number of hydrogen-bond donors (Lipinski definition) is 0. The largest absolute Gasteiger partial charge is 0.356 e. The highest BCUT2D eigenvalue weighted by atomic mass is 16.5. The smallest absolute Gasteiger partial charge is 0.224 e. The van der Waals surface area contributed by atoms with Crippen LogP contribution in [0.5, 0.6) is 0 Å². The molecule has 0 radical (unpaired) electrons. The second kappa shape index (κ2) is 8.29. The molecule has 4 heterocycles. The quantitative estimate of drug-likeness (QED) is 0.494. The van der Waals surface area contributed by atoms with E-state index < -0.39 is 0 Å². The summed E-state index contributed by atoms with van der Waals surface area (Å²) in [5, 5.41) is 9.51. The predicted octanol–water partition coefficient (Wildman–Crippen LogP) is 3.59. The van der Waals surface area contributed by atoms with E-state index in [9.17, 15) is 4.79 Å². The van der Waals surface area contributed by atoms with E-state index in [2.05, 4.69) is 20.2 Å². The van der Waals surface area contributed by atoms with Gasteiger partial charge in [-0.25, -0.2) is 9.97 Å². The summed E-state index contributed by atoms with van der Waals surface area (Å²) in [4.78, 5) is 23.7. The van der Waals surface area contributed by atoms with Crippen molar-refractivity contribution in [2.45, 2.75) is 38.6 Å². The molecule has 1 aromatic carbocycles. The summed E-state index contributed by atoms with van der Waals surface area (Å²) in [5.41, 5.74) is 3.64. The maximum atomic E-state index is 13.0. The Labute approximate surface area is 179 Å². The second-order valence-corrected chi connectivity index (χ2v) is 8.01. The van der Waals surface area contributed by atoms with Gasteiger partial charge in [0.2, 0.25) is 5.91 Å². The minimum atomic E-state index is 0.145. The van der Waals surface area contributed by atoms with Crippen LogP contribution in [-0.2, 0) is 11.3 Å². The Bertz CT molecular complexity index is 1210. The van der Waals surface area contributed by atoms with Crippen LogP contribution in [0.4, 0.5) is 0 Å². The molecule has 1 saturated heterocycles. The van der Waals surface area contributed by atoms with Crippen LogP contribution in [0.3, 0.4) is 0 Å². The van der Waals surface area contributed by atoms with Crippen LogP contribution in [0.25, 0.3) is 22.2 Å². The number of rotatable bonds is 5. The third-order valence-corrected chi connectivity index (χ3v) is 5.89. The average Bonchev–Trinajstić information content (AvgIpc) is 3.44. The monoisotopic (exact) mass is 416 g/mol. The number of para-hydroxylation sites is 1. The number of carbonyl (C=O) groups excluding carboxylic acids is 1. The Hall–Kier alpha value is -3.55. The Kier molecular flexibility index (Phi) is 5.19. The van der Waals surface area contributed by atoms with Crippen LogP contribution in [-0.4, -0.2) is 48.8 Å². The summed E-state index contributed by atoms with van der Waals surface area (Å²) in [6, 6.07) is 9.95. The molecule has 0 spiro atoms. The minimum absolute atomic E-state index is 0.145. The summed E-state index contributed by atoms with van der Waals surface area (Å²) >= 11 is 0. The first-order valence-electron chi connectivity index (χ1n) is 10.6. The molecule has 8 nitrogen and oxygen atoms in total. The normalized spacial score (nSPS) is 16.7. The molecule has 1 aliphatic heterocycles. The molecule has 1 amide bonds. The number of aromatic nitrogens is 5. The van der Waals surface area contributed by atoms with Gasteiger partial charge in [0.1, 0.15) is 6.33 Å². The van der Waals surface area contributed by atoms with Crippen molar-refractivity contribution in [3.63, 3.8) is 0 Å². The number of piperidine rings is 1. The summed E-state index contributed by atoms with van der Waals surface area (Å²) < 4.78 is 7.36. The van der Waals surface area contributed by atoms with Gasteiger partial charge in [-0.3, -0.25) is 9.48 Å². The van der Waals surface area contributed by atoms with Gasteiger partial charge in [0.25, 0.3) is 0 Å². The van der Waals surface area contributed by atoms with Crippen molar-refractivity contribution in [1.82, 2.24) is 29.8 Å². The molecule has 4 aromatic rings. The van der Waals surface area contributed by atoms with Gasteiger partial charge < -0.3 is 9.42 Å². The van der Waals surface area contributed by atoms with E-state index in [4.69, 9.17) is 4.52 Å². The van der Waals surface area contributed by atoms with Crippen molar-refractivity contribution >= 4 is 16.8 Å². The van der Waals surface area contributed by atoms with Crippen molar-refractivity contribution in [1.29, 1.82) is 0 Å². The fourth-order valence-electron chi connectivity index (χ4n) is 4.34. The molecular weight excluding hydrogens is 392 g/mol. The lowest BCUT2D eigenvalue weighted by atomic mass is 9.91. The van der Waals surface area contributed by atoms with Gasteiger partial charge in [0.15, 0.2) is 5.76 Å². The molecule has 31 heavy (non-hydrogen) atoms. The predicted molar refractivity (Wildman–Crippen MR) is 115 cm³/mol. The highest BCUT2D eigenvalue weighted by molar-refractivity contribution is 5.79. The molecule has 8 heteroatoms. The summed E-state index contributed by atoms with van der Waals surface area (Å²) in [6.45, 7) is 3.89. The number of nitrogens with zero attached hydrogens (tertiary/aromatic N) is 6. The number of likely N-dealkylation sites (tertiary alicyclic amines) is 1. The highest BCUT2D eigenvalue weighted by Gasteiger charge is 2.28. The fraction of sp³-hybridized carbons (Fsp3) is 0.348. The molecule has 1 aliphatic rings. The van der Waals surface area contributed by atoms with Crippen LogP contribution in [0.1, 0.15) is 36.6 Å². The van der Waals surface area contributed by atoms with E-state index in [-0.39, 0.29) is 11.8 Å². The van der Waals surface area contributed by atoms with E-state index in [1.807, 2.05) is 53.0 Å². The van der Waals surface area contributed by atoms with Crippen molar-refractivity contribution < 1.29 is 9.32 Å². The maximum absolute atomic E-state index is 13.0. The van der Waals surface area contributed by atoms with E-state index in [0.717, 1.165) is 47.2 Å². The molecule has 1 fully saturated rings. The van der Waals surface area contributed by atoms with Gasteiger partial charge in [-0.1, -0.05) is 23.4 Å². The molecule has 158 valence electrons. The first-order chi connectivity index (χ1) is 15.2. The van der Waals surface area contributed by atoms with Gasteiger partial charge in [-0.2, -0.15) is 5.10 Å². The number of amides is 1. The lowest BCUT2D eigenvalue weighted by Gasteiger charge is -2.33. The van der Waals surface area contributed by atoms with Crippen molar-refractivity contribution in [2.75, 3.05) is 13.1 Å². The van der Waals surface area contributed by atoms with Gasteiger partial charge >= 0.3 is 0 Å². The zero-order valence-electron chi connectivity index (χ0n) is 17.4. The molecule has 0 unspecified atom stereocenters. The number of hydrogen-bond acceptors (Lipinski definition) is 6. The van der Waals surface area contributed by atoms with Crippen molar-refractivity contribution in [2.24, 2.45) is 0 Å². The van der Waals surface area contributed by atoms with Gasteiger partial charge in [-0.05, 0) is 25.8 Å². The number of carbonyl (C=O) groups is 1. The van der Waals surface area contributed by atoms with E-state index in [1.54, 1.807) is 12.5 Å². The molecular formula is C23H24N6O2. The van der Waals surface area contributed by atoms with E-state index in [0.29, 0.717) is 25.3 Å². The Morgan fingerprint density at radius 1 is 1.26 bits per heavy atom. The molecule has 0 N–H and O–H groups in total. The lowest BCUT2D eigenvalue weighted by Crippen LogP contribution is -2.39. The average molecular weight is 416 g/mol. The topological polar surface area (TPSA) is 89.9 Å². The molecule has 0 aliphatic carbocycles. The molecule has 5 rings (SSSR count). The summed E-state index contributed by atoms with van der Waals surface area (Å²) in [7, 11) is 0. The van der Waals surface area contributed by atoms with Crippen LogP contribution in [0.15, 0.2) is 53.6 Å². The lowest BCUT2D eigenvalue weighted by molar-refractivity contribution is -0.132.